The molecule has 0 heterocycles. The van der Waals surface area contributed by atoms with Crippen molar-refractivity contribution in [1.29, 1.82) is 0 Å². The zero-order valence-corrected chi connectivity index (χ0v) is 15.7. The van der Waals surface area contributed by atoms with Crippen LogP contribution in [0.4, 0.5) is 0 Å². The van der Waals surface area contributed by atoms with E-state index < -0.39 is 15.9 Å². The highest BCUT2D eigenvalue weighted by atomic mass is 35.5. The van der Waals surface area contributed by atoms with E-state index in [2.05, 4.69) is 5.32 Å². The maximum Gasteiger partial charge on any atom is 0.257 e. The van der Waals surface area contributed by atoms with Gasteiger partial charge >= 0.3 is 0 Å². The number of hydrogen-bond acceptors (Lipinski definition) is 5. The van der Waals surface area contributed by atoms with Gasteiger partial charge in [-0.15, -0.1) is 0 Å². The molecule has 5 N–H and O–H groups in total. The normalized spacial score (nSPS) is 11.0. The predicted octanol–water partition coefficient (Wildman–Crippen LogP) is 0.824. The number of primary amides is 1. The first-order valence-corrected chi connectivity index (χ1v) is 9.70. The number of halogens is 1. The third-order valence-electron chi connectivity index (χ3n) is 3.55. The summed E-state index contributed by atoms with van der Waals surface area (Å²) in [5.41, 5.74) is 6.17. The summed E-state index contributed by atoms with van der Waals surface area (Å²) in [5.74, 6) is -0.932. The number of carbonyl (C=O) groups excluding carboxylic acids is 2. The molecule has 2 aromatic carbocycles. The number of sulfonamides is 1. The Morgan fingerprint density at radius 3 is 2.37 bits per heavy atom. The fourth-order valence-electron chi connectivity index (χ4n) is 2.21. The van der Waals surface area contributed by atoms with Crippen LogP contribution in [0.2, 0.25) is 5.02 Å². The van der Waals surface area contributed by atoms with Gasteiger partial charge < -0.3 is 15.8 Å². The first-order chi connectivity index (χ1) is 12.7. The summed E-state index contributed by atoms with van der Waals surface area (Å²) in [7, 11) is -3.73. The van der Waals surface area contributed by atoms with Crippen LogP contribution in [0.25, 0.3) is 0 Å². The summed E-state index contributed by atoms with van der Waals surface area (Å²) >= 11 is 5.80. The molecule has 0 spiro atoms. The largest absolute Gasteiger partial charge is 0.483 e. The van der Waals surface area contributed by atoms with Gasteiger partial charge in [-0.1, -0.05) is 23.7 Å². The van der Waals surface area contributed by atoms with Crippen molar-refractivity contribution in [2.75, 3.05) is 13.2 Å². The smallest absolute Gasteiger partial charge is 0.257 e. The lowest BCUT2D eigenvalue weighted by atomic mass is 10.1. The second-order valence-electron chi connectivity index (χ2n) is 5.58. The lowest BCUT2D eigenvalue weighted by molar-refractivity contribution is -0.123. The molecule has 0 atom stereocenters. The van der Waals surface area contributed by atoms with E-state index >= 15 is 0 Å². The second-order valence-corrected chi connectivity index (χ2v) is 7.58. The van der Waals surface area contributed by atoms with E-state index in [0.717, 1.165) is 5.56 Å². The van der Waals surface area contributed by atoms with Crippen molar-refractivity contribution in [3.05, 3.63) is 58.6 Å². The summed E-state index contributed by atoms with van der Waals surface area (Å²) in [6, 6.07) is 10.4. The predicted molar refractivity (Wildman–Crippen MR) is 100.0 cm³/mol. The Morgan fingerprint density at radius 2 is 1.78 bits per heavy atom. The van der Waals surface area contributed by atoms with Crippen molar-refractivity contribution < 1.29 is 22.7 Å². The molecule has 2 rings (SSSR count). The van der Waals surface area contributed by atoms with Gasteiger partial charge in [0.15, 0.2) is 6.61 Å². The fraction of sp³-hybridized carbons (Fsp3) is 0.176. The molecule has 27 heavy (non-hydrogen) atoms. The van der Waals surface area contributed by atoms with Gasteiger partial charge in [-0.05, 0) is 42.3 Å². The Balaban J connectivity index is 1.83. The van der Waals surface area contributed by atoms with Crippen molar-refractivity contribution in [1.82, 2.24) is 5.32 Å². The van der Waals surface area contributed by atoms with E-state index in [1.54, 1.807) is 12.1 Å². The zero-order chi connectivity index (χ0) is 20.0. The van der Waals surface area contributed by atoms with Gasteiger partial charge in [-0.3, -0.25) is 9.59 Å². The van der Waals surface area contributed by atoms with Gasteiger partial charge in [0, 0.05) is 11.6 Å². The number of benzene rings is 2. The minimum Gasteiger partial charge on any atom is -0.483 e. The molecule has 8 nitrogen and oxygen atoms in total. The molecule has 10 heteroatoms. The molecule has 0 bridgehead atoms. The van der Waals surface area contributed by atoms with E-state index in [4.69, 9.17) is 27.2 Å². The molecule has 0 aliphatic carbocycles. The quantitative estimate of drug-likeness (QED) is 0.589. The van der Waals surface area contributed by atoms with Crippen LogP contribution in [0.5, 0.6) is 5.75 Å². The van der Waals surface area contributed by atoms with Gasteiger partial charge in [0.05, 0.1) is 10.5 Å². The van der Waals surface area contributed by atoms with Crippen LogP contribution in [0.3, 0.4) is 0 Å². The molecule has 0 aliphatic rings. The Labute approximate surface area is 161 Å². The van der Waals surface area contributed by atoms with E-state index in [9.17, 15) is 18.0 Å². The maximum absolute atomic E-state index is 11.9. The number of primary sulfonamides is 1. The van der Waals surface area contributed by atoms with Gasteiger partial charge in [0.25, 0.3) is 11.8 Å². The maximum atomic E-state index is 11.9. The summed E-state index contributed by atoms with van der Waals surface area (Å²) in [6.45, 7) is 0.0203. The van der Waals surface area contributed by atoms with Gasteiger partial charge in [-0.25, -0.2) is 13.6 Å². The summed E-state index contributed by atoms with van der Waals surface area (Å²) < 4.78 is 27.7. The van der Waals surface area contributed by atoms with E-state index in [-0.39, 0.29) is 28.7 Å². The van der Waals surface area contributed by atoms with Crippen molar-refractivity contribution in [2.45, 2.75) is 11.3 Å². The number of carbonyl (C=O) groups is 2. The van der Waals surface area contributed by atoms with E-state index in [1.807, 2.05) is 0 Å². The van der Waals surface area contributed by atoms with Crippen LogP contribution in [0.1, 0.15) is 15.9 Å². The molecule has 0 fully saturated rings. The Bertz CT molecular complexity index is 946. The number of rotatable bonds is 8. The molecule has 0 saturated carbocycles. The third kappa shape index (κ3) is 6.24. The molecular formula is C17H18ClN3O5S. The molecule has 0 saturated heterocycles. The Kier molecular flexibility index (Phi) is 6.78. The van der Waals surface area contributed by atoms with Crippen molar-refractivity contribution >= 4 is 33.4 Å². The highest BCUT2D eigenvalue weighted by Crippen LogP contribution is 2.22. The molecule has 0 unspecified atom stereocenters. The first-order valence-electron chi connectivity index (χ1n) is 7.77. The number of nitrogens with two attached hydrogens (primary N) is 2. The number of nitrogens with one attached hydrogen (secondary N) is 1. The van der Waals surface area contributed by atoms with Crippen molar-refractivity contribution in [2.24, 2.45) is 10.9 Å². The van der Waals surface area contributed by atoms with Crippen LogP contribution >= 0.6 is 11.6 Å². The lowest BCUT2D eigenvalue weighted by Crippen LogP contribution is -2.31. The van der Waals surface area contributed by atoms with E-state index in [0.29, 0.717) is 18.0 Å². The molecule has 0 radical (unpaired) electrons. The fourth-order valence-corrected chi connectivity index (χ4v) is 2.89. The van der Waals surface area contributed by atoms with Crippen LogP contribution < -0.4 is 20.9 Å². The summed E-state index contributed by atoms with van der Waals surface area (Å²) in [4.78, 5) is 23.3. The van der Waals surface area contributed by atoms with Gasteiger partial charge in [-0.2, -0.15) is 0 Å². The van der Waals surface area contributed by atoms with Crippen molar-refractivity contribution in [3.8, 4) is 5.75 Å². The van der Waals surface area contributed by atoms with Gasteiger partial charge in [0.1, 0.15) is 5.75 Å². The first kappa shape index (κ1) is 20.7. The second kappa shape index (κ2) is 8.85. The molecule has 144 valence electrons. The molecule has 2 aromatic rings. The Hall–Kier alpha value is -2.62. The Morgan fingerprint density at radius 1 is 1.11 bits per heavy atom. The van der Waals surface area contributed by atoms with Crippen molar-refractivity contribution in [3.63, 3.8) is 0 Å². The summed E-state index contributed by atoms with van der Waals surface area (Å²) in [6.07, 6.45) is 0.490. The van der Waals surface area contributed by atoms with Crippen LogP contribution in [0, 0.1) is 0 Å². The summed E-state index contributed by atoms with van der Waals surface area (Å²) in [5, 5.41) is 8.02. The minimum atomic E-state index is -3.73. The SMILES string of the molecule is NC(=O)c1cc(Cl)ccc1OCC(=O)NCCc1ccc(S(N)(=O)=O)cc1. The third-order valence-corrected chi connectivity index (χ3v) is 4.72. The molecule has 0 aromatic heterocycles. The lowest BCUT2D eigenvalue weighted by Gasteiger charge is -2.10. The highest BCUT2D eigenvalue weighted by molar-refractivity contribution is 7.89. The average molecular weight is 412 g/mol. The molecule has 0 aliphatic heterocycles. The van der Waals surface area contributed by atoms with Crippen LogP contribution in [0.15, 0.2) is 47.4 Å². The number of amides is 2. The minimum absolute atomic E-state index is 0.0249. The zero-order valence-electron chi connectivity index (χ0n) is 14.1. The number of ether oxygens (including phenoxy) is 1. The average Bonchev–Trinajstić information content (AvgIpc) is 2.60. The van der Waals surface area contributed by atoms with E-state index in [1.165, 1.54) is 30.3 Å². The number of hydrogen-bond donors (Lipinski definition) is 3. The van der Waals surface area contributed by atoms with Gasteiger partial charge in [0.2, 0.25) is 10.0 Å². The monoisotopic (exact) mass is 411 g/mol. The van der Waals surface area contributed by atoms with Crippen LogP contribution in [-0.4, -0.2) is 33.4 Å². The van der Waals surface area contributed by atoms with Crippen LogP contribution in [-0.2, 0) is 21.2 Å². The molecular weight excluding hydrogens is 394 g/mol. The highest BCUT2D eigenvalue weighted by Gasteiger charge is 2.12. The molecule has 2 amide bonds. The standard InChI is InChI=1S/C17H18ClN3O5S/c18-12-3-6-15(14(9-12)17(19)23)26-10-16(22)21-8-7-11-1-4-13(5-2-11)27(20,24)25/h1-6,9H,7-8,10H2,(H2,19,23)(H,21,22)(H2,20,24,25). The topological polar surface area (TPSA) is 142 Å².